The van der Waals surface area contributed by atoms with Crippen molar-refractivity contribution in [2.75, 3.05) is 13.1 Å². The van der Waals surface area contributed by atoms with Crippen molar-refractivity contribution < 1.29 is 4.79 Å². The highest BCUT2D eigenvalue weighted by Gasteiger charge is 2.28. The lowest BCUT2D eigenvalue weighted by molar-refractivity contribution is 0.206. The first-order chi connectivity index (χ1) is 12.6. The zero-order valence-electron chi connectivity index (χ0n) is 14.9. The highest BCUT2D eigenvalue weighted by Crippen LogP contribution is 2.26. The fourth-order valence-corrected chi connectivity index (χ4v) is 4.26. The van der Waals surface area contributed by atoms with E-state index in [1.165, 1.54) is 0 Å². The zero-order valence-corrected chi connectivity index (χ0v) is 15.7. The fourth-order valence-electron chi connectivity index (χ4n) is 3.50. The summed E-state index contributed by atoms with van der Waals surface area (Å²) in [6.45, 7) is 5.96. The van der Waals surface area contributed by atoms with Crippen LogP contribution in [0.25, 0.3) is 10.6 Å². The number of nitrogens with one attached hydrogen (secondary N) is 2. The molecule has 4 heterocycles. The number of H-pyrrole nitrogens is 1. The molecular formula is C18H22N6OS. The highest BCUT2D eigenvalue weighted by molar-refractivity contribution is 7.13. The summed E-state index contributed by atoms with van der Waals surface area (Å²) in [5, 5.41) is 16.8. The average Bonchev–Trinajstić information content (AvgIpc) is 3.39. The summed E-state index contributed by atoms with van der Waals surface area (Å²) >= 11 is 1.65. The molecule has 4 rings (SSSR count). The molecule has 1 atom stereocenters. The van der Waals surface area contributed by atoms with E-state index in [0.717, 1.165) is 40.5 Å². The van der Waals surface area contributed by atoms with Gasteiger partial charge in [0.25, 0.3) is 0 Å². The number of thiophene rings is 1. The van der Waals surface area contributed by atoms with Crippen molar-refractivity contribution in [3.63, 3.8) is 0 Å². The van der Waals surface area contributed by atoms with E-state index in [9.17, 15) is 4.79 Å². The largest absolute Gasteiger partial charge is 0.334 e. The number of aromatic amines is 1. The first kappa shape index (κ1) is 16.8. The number of carbonyl (C=O) groups is 1. The SMILES string of the molecule is Cc1cc(C)n(C2CCN(C(=O)NCc3cn[nH]c3-c3cccs3)C2)n1. The lowest BCUT2D eigenvalue weighted by Gasteiger charge is -2.18. The Balaban J connectivity index is 1.36. The van der Waals surface area contributed by atoms with Crippen LogP contribution in [-0.2, 0) is 6.54 Å². The monoisotopic (exact) mass is 370 g/mol. The number of hydrogen-bond donors (Lipinski definition) is 2. The Morgan fingerprint density at radius 2 is 2.35 bits per heavy atom. The van der Waals surface area contributed by atoms with E-state index in [1.807, 2.05) is 34.0 Å². The van der Waals surface area contributed by atoms with Gasteiger partial charge in [0.1, 0.15) is 0 Å². The van der Waals surface area contributed by atoms with Crippen molar-refractivity contribution in [2.24, 2.45) is 0 Å². The smallest absolute Gasteiger partial charge is 0.317 e. The lowest BCUT2D eigenvalue weighted by Crippen LogP contribution is -2.38. The summed E-state index contributed by atoms with van der Waals surface area (Å²) in [4.78, 5) is 15.6. The van der Waals surface area contributed by atoms with Gasteiger partial charge in [-0.25, -0.2) is 4.79 Å². The molecule has 0 aromatic carbocycles. The molecule has 7 nitrogen and oxygen atoms in total. The molecule has 0 radical (unpaired) electrons. The number of urea groups is 1. The van der Waals surface area contributed by atoms with Gasteiger partial charge in [-0.15, -0.1) is 11.3 Å². The molecule has 136 valence electrons. The fraction of sp³-hybridized carbons (Fsp3) is 0.389. The van der Waals surface area contributed by atoms with Gasteiger partial charge in [-0.1, -0.05) is 6.07 Å². The molecule has 0 aliphatic carbocycles. The standard InChI is InChI=1S/C18H22N6OS/c1-12-8-13(2)24(22-12)15-5-6-23(11-15)18(25)19-9-14-10-20-21-17(14)16-4-3-7-26-16/h3-4,7-8,10,15H,5-6,9,11H2,1-2H3,(H,19,25)(H,20,21). The van der Waals surface area contributed by atoms with Gasteiger partial charge in [0.15, 0.2) is 0 Å². The average molecular weight is 370 g/mol. The maximum absolute atomic E-state index is 12.6. The predicted octanol–water partition coefficient (Wildman–Crippen LogP) is 3.11. The van der Waals surface area contributed by atoms with Gasteiger partial charge in [-0.3, -0.25) is 9.78 Å². The quantitative estimate of drug-likeness (QED) is 0.741. The molecule has 2 N–H and O–H groups in total. The van der Waals surface area contributed by atoms with E-state index in [2.05, 4.69) is 33.6 Å². The number of hydrogen-bond acceptors (Lipinski definition) is 4. The molecule has 1 aliphatic rings. The van der Waals surface area contributed by atoms with Gasteiger partial charge < -0.3 is 10.2 Å². The van der Waals surface area contributed by atoms with Gasteiger partial charge in [-0.05, 0) is 37.8 Å². The van der Waals surface area contributed by atoms with Crippen molar-refractivity contribution in [2.45, 2.75) is 32.9 Å². The summed E-state index contributed by atoms with van der Waals surface area (Å²) < 4.78 is 2.05. The topological polar surface area (TPSA) is 78.8 Å². The van der Waals surface area contributed by atoms with Crippen LogP contribution in [0.1, 0.15) is 29.4 Å². The molecule has 1 saturated heterocycles. The Kier molecular flexibility index (Phi) is 4.50. The third kappa shape index (κ3) is 3.24. The first-order valence-electron chi connectivity index (χ1n) is 8.73. The minimum atomic E-state index is -0.0349. The summed E-state index contributed by atoms with van der Waals surface area (Å²) in [6, 6.07) is 6.35. The highest BCUT2D eigenvalue weighted by atomic mass is 32.1. The second-order valence-electron chi connectivity index (χ2n) is 6.67. The number of aromatic nitrogens is 4. The lowest BCUT2D eigenvalue weighted by atomic mass is 10.2. The summed E-state index contributed by atoms with van der Waals surface area (Å²) in [5.41, 5.74) is 4.14. The van der Waals surface area contributed by atoms with Gasteiger partial charge >= 0.3 is 6.03 Å². The van der Waals surface area contributed by atoms with Crippen LogP contribution in [0.3, 0.4) is 0 Å². The van der Waals surface area contributed by atoms with Crippen LogP contribution in [-0.4, -0.2) is 44.0 Å². The molecule has 26 heavy (non-hydrogen) atoms. The van der Waals surface area contributed by atoms with Crippen LogP contribution in [0, 0.1) is 13.8 Å². The van der Waals surface area contributed by atoms with Crippen LogP contribution in [0.4, 0.5) is 4.79 Å². The Hall–Kier alpha value is -2.61. The third-order valence-corrected chi connectivity index (χ3v) is 5.64. The van der Waals surface area contributed by atoms with Gasteiger partial charge in [0.05, 0.1) is 28.5 Å². The number of nitrogens with zero attached hydrogens (tertiary/aromatic N) is 4. The molecule has 1 unspecified atom stereocenters. The van der Waals surface area contributed by atoms with Crippen molar-refractivity contribution in [3.8, 4) is 10.6 Å². The summed E-state index contributed by atoms with van der Waals surface area (Å²) in [5.74, 6) is 0. The van der Waals surface area contributed by atoms with E-state index >= 15 is 0 Å². The Labute approximate surface area is 156 Å². The zero-order chi connectivity index (χ0) is 18.1. The molecule has 3 aromatic heterocycles. The molecule has 8 heteroatoms. The van der Waals surface area contributed by atoms with E-state index in [4.69, 9.17) is 0 Å². The van der Waals surface area contributed by atoms with Gasteiger partial charge in [0, 0.05) is 30.9 Å². The van der Waals surface area contributed by atoms with Crippen molar-refractivity contribution in [1.29, 1.82) is 0 Å². The minimum Gasteiger partial charge on any atom is -0.334 e. The minimum absolute atomic E-state index is 0.0349. The maximum Gasteiger partial charge on any atom is 0.317 e. The van der Waals surface area contributed by atoms with Crippen LogP contribution >= 0.6 is 11.3 Å². The summed E-state index contributed by atoms with van der Waals surface area (Å²) in [7, 11) is 0. The normalized spacial score (nSPS) is 17.0. The van der Waals surface area contributed by atoms with Crippen molar-refractivity contribution >= 4 is 17.4 Å². The summed E-state index contributed by atoms with van der Waals surface area (Å²) in [6.07, 6.45) is 2.71. The molecule has 0 saturated carbocycles. The predicted molar refractivity (Wildman–Crippen MR) is 101 cm³/mol. The molecule has 1 aliphatic heterocycles. The van der Waals surface area contributed by atoms with Crippen molar-refractivity contribution in [3.05, 3.63) is 46.7 Å². The molecule has 0 bridgehead atoms. The van der Waals surface area contributed by atoms with Crippen LogP contribution in [0.5, 0.6) is 0 Å². The molecule has 3 aromatic rings. The van der Waals surface area contributed by atoms with Crippen LogP contribution < -0.4 is 5.32 Å². The molecule has 0 spiro atoms. The van der Waals surface area contributed by atoms with E-state index in [0.29, 0.717) is 13.1 Å². The second-order valence-corrected chi connectivity index (χ2v) is 7.61. The molecular weight excluding hydrogens is 348 g/mol. The van der Waals surface area contributed by atoms with Crippen molar-refractivity contribution in [1.82, 2.24) is 30.2 Å². The van der Waals surface area contributed by atoms with E-state index < -0.39 is 0 Å². The number of carbonyl (C=O) groups excluding carboxylic acids is 1. The number of rotatable bonds is 4. The Bertz CT molecular complexity index is 897. The van der Waals surface area contributed by atoms with E-state index in [-0.39, 0.29) is 12.1 Å². The Morgan fingerprint density at radius 3 is 3.08 bits per heavy atom. The van der Waals surface area contributed by atoms with Gasteiger partial charge in [0.2, 0.25) is 0 Å². The van der Waals surface area contributed by atoms with Gasteiger partial charge in [-0.2, -0.15) is 10.2 Å². The Morgan fingerprint density at radius 1 is 1.46 bits per heavy atom. The van der Waals surface area contributed by atoms with Crippen LogP contribution in [0.15, 0.2) is 29.8 Å². The van der Waals surface area contributed by atoms with Crippen LogP contribution in [0.2, 0.25) is 0 Å². The first-order valence-corrected chi connectivity index (χ1v) is 9.61. The number of aryl methyl sites for hydroxylation is 2. The maximum atomic E-state index is 12.6. The molecule has 2 amide bonds. The van der Waals surface area contributed by atoms with E-state index in [1.54, 1.807) is 17.5 Å². The second kappa shape index (κ2) is 6.95. The number of amides is 2. The molecule has 1 fully saturated rings. The third-order valence-electron chi connectivity index (χ3n) is 4.76. The number of likely N-dealkylation sites (tertiary alicyclic amines) is 1.